The summed E-state index contributed by atoms with van der Waals surface area (Å²) in [5.74, 6) is -0.301. The second-order valence-corrected chi connectivity index (χ2v) is 6.09. The minimum absolute atomic E-state index is 0.0154. The van der Waals surface area contributed by atoms with E-state index in [1.165, 1.54) is 6.92 Å². The van der Waals surface area contributed by atoms with Crippen molar-refractivity contribution in [1.82, 2.24) is 4.98 Å². The molecule has 2 N–H and O–H groups in total. The van der Waals surface area contributed by atoms with Gasteiger partial charge in [-0.15, -0.1) is 0 Å². The zero-order valence-corrected chi connectivity index (χ0v) is 14.7. The maximum Gasteiger partial charge on any atom is 0.274 e. The molecule has 0 unspecified atom stereocenters. The highest BCUT2D eigenvalue weighted by Crippen LogP contribution is 2.19. The summed E-state index contributed by atoms with van der Waals surface area (Å²) in [6, 6.07) is 17.4. The summed E-state index contributed by atoms with van der Waals surface area (Å²) in [5, 5.41) is 6.56. The SMILES string of the molecule is CC(=O)c1ccc(Nc2ccnc(C(=O)Nc3ccc(Cl)cc3)c2)cc1. The number of amides is 1. The summed E-state index contributed by atoms with van der Waals surface area (Å²) in [5.41, 5.74) is 3.10. The topological polar surface area (TPSA) is 71.1 Å². The van der Waals surface area contributed by atoms with E-state index >= 15 is 0 Å². The first-order chi connectivity index (χ1) is 12.5. The minimum Gasteiger partial charge on any atom is -0.355 e. The molecule has 0 bridgehead atoms. The van der Waals surface area contributed by atoms with Crippen LogP contribution in [0.5, 0.6) is 0 Å². The average Bonchev–Trinajstić information content (AvgIpc) is 2.64. The maximum atomic E-state index is 12.4. The van der Waals surface area contributed by atoms with E-state index in [0.717, 1.165) is 11.4 Å². The number of nitrogens with zero attached hydrogens (tertiary/aromatic N) is 1. The molecule has 3 rings (SSSR count). The molecule has 1 amide bonds. The fourth-order valence-corrected chi connectivity index (χ4v) is 2.44. The van der Waals surface area contributed by atoms with Gasteiger partial charge in [0.1, 0.15) is 5.69 Å². The van der Waals surface area contributed by atoms with Gasteiger partial charge in [-0.1, -0.05) is 11.6 Å². The molecular formula is C20H16ClN3O2. The van der Waals surface area contributed by atoms with Crippen LogP contribution in [-0.2, 0) is 0 Å². The lowest BCUT2D eigenvalue weighted by molar-refractivity contribution is 0.101. The van der Waals surface area contributed by atoms with Crippen LogP contribution in [-0.4, -0.2) is 16.7 Å². The molecule has 0 saturated heterocycles. The Kier molecular flexibility index (Phi) is 5.29. The molecule has 2 aromatic carbocycles. The number of ketones is 1. The Hall–Kier alpha value is -3.18. The van der Waals surface area contributed by atoms with Crippen molar-refractivity contribution in [3.8, 4) is 0 Å². The van der Waals surface area contributed by atoms with Crippen LogP contribution >= 0.6 is 11.6 Å². The number of aromatic nitrogens is 1. The molecular weight excluding hydrogens is 350 g/mol. The molecule has 1 aromatic heterocycles. The highest BCUT2D eigenvalue weighted by atomic mass is 35.5. The third-order valence-electron chi connectivity index (χ3n) is 3.67. The quantitative estimate of drug-likeness (QED) is 0.628. The van der Waals surface area contributed by atoms with Crippen molar-refractivity contribution in [3.63, 3.8) is 0 Å². The summed E-state index contributed by atoms with van der Waals surface area (Å²) >= 11 is 5.84. The molecule has 3 aromatic rings. The Morgan fingerprint density at radius 2 is 1.54 bits per heavy atom. The average molecular weight is 366 g/mol. The predicted octanol–water partition coefficient (Wildman–Crippen LogP) is 4.93. The van der Waals surface area contributed by atoms with E-state index in [2.05, 4.69) is 15.6 Å². The van der Waals surface area contributed by atoms with Crippen LogP contribution < -0.4 is 10.6 Å². The largest absolute Gasteiger partial charge is 0.355 e. The standard InChI is InChI=1S/C20H16ClN3O2/c1-13(25)14-2-6-16(7-3-14)23-18-10-11-22-19(12-18)20(26)24-17-8-4-15(21)5-9-17/h2-12H,1H3,(H,22,23)(H,24,26). The first-order valence-corrected chi connectivity index (χ1v) is 8.30. The maximum absolute atomic E-state index is 12.4. The van der Waals surface area contributed by atoms with Gasteiger partial charge < -0.3 is 10.6 Å². The van der Waals surface area contributed by atoms with Crippen molar-refractivity contribution in [2.24, 2.45) is 0 Å². The van der Waals surface area contributed by atoms with E-state index in [-0.39, 0.29) is 17.4 Å². The van der Waals surface area contributed by atoms with E-state index in [4.69, 9.17) is 11.6 Å². The van der Waals surface area contributed by atoms with Gasteiger partial charge in [0.2, 0.25) is 0 Å². The lowest BCUT2D eigenvalue weighted by atomic mass is 10.1. The molecule has 6 heteroatoms. The molecule has 26 heavy (non-hydrogen) atoms. The number of hydrogen-bond donors (Lipinski definition) is 2. The number of carbonyl (C=O) groups excluding carboxylic acids is 2. The zero-order chi connectivity index (χ0) is 18.5. The van der Waals surface area contributed by atoms with Gasteiger partial charge in [0.15, 0.2) is 5.78 Å². The first-order valence-electron chi connectivity index (χ1n) is 7.92. The lowest BCUT2D eigenvalue weighted by Crippen LogP contribution is -2.13. The normalized spacial score (nSPS) is 10.2. The first kappa shape index (κ1) is 17.6. The van der Waals surface area contributed by atoms with Gasteiger partial charge >= 0.3 is 0 Å². The highest BCUT2D eigenvalue weighted by Gasteiger charge is 2.09. The number of Topliss-reactive ketones (excluding diaryl/α,β-unsaturated/α-hetero) is 1. The van der Waals surface area contributed by atoms with Gasteiger partial charge in [0.05, 0.1) is 0 Å². The number of benzene rings is 2. The van der Waals surface area contributed by atoms with Crippen molar-refractivity contribution in [2.75, 3.05) is 10.6 Å². The molecule has 1 heterocycles. The summed E-state index contributed by atoms with van der Waals surface area (Å²) in [6.07, 6.45) is 1.56. The van der Waals surface area contributed by atoms with Crippen molar-refractivity contribution in [3.05, 3.63) is 83.1 Å². The minimum atomic E-state index is -0.317. The van der Waals surface area contributed by atoms with E-state index < -0.39 is 0 Å². The fourth-order valence-electron chi connectivity index (χ4n) is 2.32. The number of hydrogen-bond acceptors (Lipinski definition) is 4. The molecule has 0 aliphatic carbocycles. The van der Waals surface area contributed by atoms with Crippen LogP contribution in [0.1, 0.15) is 27.8 Å². The molecule has 5 nitrogen and oxygen atoms in total. The van der Waals surface area contributed by atoms with E-state index in [9.17, 15) is 9.59 Å². The zero-order valence-electron chi connectivity index (χ0n) is 14.0. The molecule has 0 aliphatic rings. The molecule has 0 saturated carbocycles. The van der Waals surface area contributed by atoms with Crippen molar-refractivity contribution >= 4 is 40.4 Å². The Bertz CT molecular complexity index is 938. The number of rotatable bonds is 5. The van der Waals surface area contributed by atoms with Crippen LogP contribution in [0.25, 0.3) is 0 Å². The summed E-state index contributed by atoms with van der Waals surface area (Å²) < 4.78 is 0. The van der Waals surface area contributed by atoms with Gasteiger partial charge in [-0.05, 0) is 67.6 Å². The van der Waals surface area contributed by atoms with Crippen LogP contribution in [0.4, 0.5) is 17.1 Å². The monoisotopic (exact) mass is 365 g/mol. The van der Waals surface area contributed by atoms with Crippen LogP contribution in [0, 0.1) is 0 Å². The van der Waals surface area contributed by atoms with Gasteiger partial charge in [0.25, 0.3) is 5.91 Å². The smallest absolute Gasteiger partial charge is 0.274 e. The summed E-state index contributed by atoms with van der Waals surface area (Å²) in [7, 11) is 0. The number of nitrogens with one attached hydrogen (secondary N) is 2. The Labute approximate surface area is 156 Å². The predicted molar refractivity (Wildman–Crippen MR) is 103 cm³/mol. The number of carbonyl (C=O) groups is 2. The van der Waals surface area contributed by atoms with Gasteiger partial charge in [-0.25, -0.2) is 0 Å². The molecule has 0 aliphatic heterocycles. The van der Waals surface area contributed by atoms with E-state index in [1.54, 1.807) is 54.7 Å². The molecule has 0 spiro atoms. The second-order valence-electron chi connectivity index (χ2n) is 5.65. The number of halogens is 1. The van der Waals surface area contributed by atoms with Crippen LogP contribution in [0.2, 0.25) is 5.02 Å². The highest BCUT2D eigenvalue weighted by molar-refractivity contribution is 6.30. The summed E-state index contributed by atoms with van der Waals surface area (Å²) in [6.45, 7) is 1.52. The Morgan fingerprint density at radius 3 is 2.19 bits per heavy atom. The van der Waals surface area contributed by atoms with Gasteiger partial charge in [-0.3, -0.25) is 14.6 Å². The molecule has 130 valence electrons. The van der Waals surface area contributed by atoms with E-state index in [1.807, 2.05) is 12.1 Å². The molecule has 0 fully saturated rings. The van der Waals surface area contributed by atoms with Crippen molar-refractivity contribution in [2.45, 2.75) is 6.92 Å². The summed E-state index contributed by atoms with van der Waals surface area (Å²) in [4.78, 5) is 27.8. The fraction of sp³-hybridized carbons (Fsp3) is 0.0500. The molecule has 0 radical (unpaired) electrons. The van der Waals surface area contributed by atoms with Crippen LogP contribution in [0.3, 0.4) is 0 Å². The Balaban J connectivity index is 1.72. The van der Waals surface area contributed by atoms with E-state index in [0.29, 0.717) is 16.3 Å². The third kappa shape index (κ3) is 4.46. The number of anilines is 3. The van der Waals surface area contributed by atoms with Crippen molar-refractivity contribution < 1.29 is 9.59 Å². The van der Waals surface area contributed by atoms with Gasteiger partial charge in [0, 0.05) is 33.8 Å². The van der Waals surface area contributed by atoms with Crippen LogP contribution in [0.15, 0.2) is 66.9 Å². The van der Waals surface area contributed by atoms with Gasteiger partial charge in [-0.2, -0.15) is 0 Å². The molecule has 0 atom stereocenters. The third-order valence-corrected chi connectivity index (χ3v) is 3.93. The number of pyridine rings is 1. The lowest BCUT2D eigenvalue weighted by Gasteiger charge is -2.09. The second kappa shape index (κ2) is 7.80. The van der Waals surface area contributed by atoms with Crippen molar-refractivity contribution in [1.29, 1.82) is 0 Å². The Morgan fingerprint density at radius 1 is 0.885 bits per heavy atom.